The molecule has 0 aromatic heterocycles. The third-order valence-corrected chi connectivity index (χ3v) is 9.49. The third-order valence-electron chi connectivity index (χ3n) is 7.84. The van der Waals surface area contributed by atoms with Crippen LogP contribution in [0.15, 0.2) is 29.2 Å². The van der Waals surface area contributed by atoms with Gasteiger partial charge in [-0.1, -0.05) is 6.07 Å². The molecule has 4 saturated carbocycles. The second kappa shape index (κ2) is 7.62. The van der Waals surface area contributed by atoms with Gasteiger partial charge in [0, 0.05) is 24.0 Å². The van der Waals surface area contributed by atoms with E-state index in [0.29, 0.717) is 18.8 Å². The lowest BCUT2D eigenvalue weighted by atomic mass is 9.45. The molecule has 5 rings (SSSR count). The highest BCUT2D eigenvalue weighted by atomic mass is 32.2. The summed E-state index contributed by atoms with van der Waals surface area (Å²) in [5.41, 5.74) is 3.59. The molecule has 32 heavy (non-hydrogen) atoms. The Balaban J connectivity index is 1.48. The van der Waals surface area contributed by atoms with Crippen LogP contribution in [0.5, 0.6) is 0 Å². The minimum Gasteiger partial charge on any atom is -0.369 e. The molecule has 9 nitrogen and oxygen atoms in total. The number of nitrogens with two attached hydrogens (primary N) is 1. The number of benzene rings is 1. The number of sulfonamides is 1. The SMILES string of the molecule is CC(C)(NS(=O)(=O)c1cccc([N+](=O)[O-])c1)C(=O)CC1C2CC3CC1CC(C(N)=O)(C3)C2. The monoisotopic (exact) mass is 463 g/mol. The molecule has 3 N–H and O–H groups in total. The number of primary amides is 1. The van der Waals surface area contributed by atoms with Crippen molar-refractivity contribution in [2.45, 2.75) is 62.8 Å². The number of nitrogens with zero attached hydrogens (tertiary/aromatic N) is 1. The first-order valence-corrected chi connectivity index (χ1v) is 12.4. The summed E-state index contributed by atoms with van der Waals surface area (Å²) >= 11 is 0. The van der Waals surface area contributed by atoms with E-state index in [0.717, 1.165) is 25.3 Å². The number of hydrogen-bond acceptors (Lipinski definition) is 6. The van der Waals surface area contributed by atoms with Gasteiger partial charge in [0.15, 0.2) is 5.78 Å². The Hall–Kier alpha value is -2.33. The summed E-state index contributed by atoms with van der Waals surface area (Å²) in [7, 11) is -4.14. The Morgan fingerprint density at radius 1 is 1.22 bits per heavy atom. The summed E-state index contributed by atoms with van der Waals surface area (Å²) in [6, 6.07) is 4.74. The number of hydrogen-bond donors (Lipinski definition) is 2. The number of nitrogens with one attached hydrogen (secondary N) is 1. The number of ketones is 1. The van der Waals surface area contributed by atoms with Gasteiger partial charge in [-0.05, 0) is 75.7 Å². The molecule has 0 aliphatic heterocycles. The molecule has 10 heteroatoms. The topological polar surface area (TPSA) is 149 Å². The minimum absolute atomic E-state index is 0.119. The van der Waals surface area contributed by atoms with Gasteiger partial charge in [-0.25, -0.2) is 8.42 Å². The molecule has 2 unspecified atom stereocenters. The highest BCUT2D eigenvalue weighted by Gasteiger charge is 2.58. The summed E-state index contributed by atoms with van der Waals surface area (Å²) in [6.45, 7) is 3.04. The van der Waals surface area contributed by atoms with E-state index in [9.17, 15) is 28.1 Å². The fourth-order valence-electron chi connectivity index (χ4n) is 6.45. The van der Waals surface area contributed by atoms with Crippen LogP contribution >= 0.6 is 0 Å². The second-order valence-electron chi connectivity index (χ2n) is 10.4. The Morgan fingerprint density at radius 3 is 2.41 bits per heavy atom. The molecule has 0 radical (unpaired) electrons. The van der Waals surface area contributed by atoms with E-state index in [-0.39, 0.29) is 46.4 Å². The summed E-state index contributed by atoms with van der Waals surface area (Å²) in [5.74, 6) is 0.646. The van der Waals surface area contributed by atoms with E-state index < -0.39 is 25.9 Å². The highest BCUT2D eigenvalue weighted by molar-refractivity contribution is 7.89. The van der Waals surface area contributed by atoms with E-state index in [2.05, 4.69) is 4.72 Å². The van der Waals surface area contributed by atoms with Gasteiger partial charge in [-0.2, -0.15) is 4.72 Å². The van der Waals surface area contributed by atoms with Crippen LogP contribution in [0, 0.1) is 39.2 Å². The van der Waals surface area contributed by atoms with Gasteiger partial charge in [-0.15, -0.1) is 0 Å². The van der Waals surface area contributed by atoms with E-state index in [4.69, 9.17) is 5.73 Å². The van der Waals surface area contributed by atoms with Gasteiger partial charge < -0.3 is 5.73 Å². The fraction of sp³-hybridized carbons (Fsp3) is 0.636. The van der Waals surface area contributed by atoms with E-state index in [1.807, 2.05) is 0 Å². The van der Waals surface area contributed by atoms with Crippen molar-refractivity contribution in [1.82, 2.24) is 4.72 Å². The Kier molecular flexibility index (Phi) is 5.44. The van der Waals surface area contributed by atoms with Crippen molar-refractivity contribution in [3.8, 4) is 0 Å². The Morgan fingerprint density at radius 2 is 1.84 bits per heavy atom. The summed E-state index contributed by atoms with van der Waals surface area (Å²) < 4.78 is 28.1. The van der Waals surface area contributed by atoms with Crippen molar-refractivity contribution < 1.29 is 22.9 Å². The van der Waals surface area contributed by atoms with Crippen molar-refractivity contribution in [1.29, 1.82) is 0 Å². The number of carbonyl (C=O) groups is 2. The molecule has 1 amide bonds. The maximum absolute atomic E-state index is 13.2. The molecule has 0 heterocycles. The van der Waals surface area contributed by atoms with E-state index in [1.54, 1.807) is 0 Å². The Labute approximate surface area is 187 Å². The summed E-state index contributed by atoms with van der Waals surface area (Å²) in [6.07, 6.45) is 4.50. The number of non-ortho nitro benzene ring substituents is 1. The number of amides is 1. The first-order valence-electron chi connectivity index (χ1n) is 10.9. The maximum Gasteiger partial charge on any atom is 0.270 e. The van der Waals surface area contributed by atoms with Crippen LogP contribution in [0.4, 0.5) is 5.69 Å². The van der Waals surface area contributed by atoms with Gasteiger partial charge in [-0.3, -0.25) is 19.7 Å². The molecule has 4 fully saturated rings. The van der Waals surface area contributed by atoms with Gasteiger partial charge in [0.25, 0.3) is 5.69 Å². The molecule has 174 valence electrons. The summed E-state index contributed by atoms with van der Waals surface area (Å²) in [5, 5.41) is 11.0. The highest BCUT2D eigenvalue weighted by Crippen LogP contribution is 2.62. The van der Waals surface area contributed by atoms with Crippen LogP contribution in [-0.4, -0.2) is 30.6 Å². The molecule has 1 aromatic rings. The van der Waals surface area contributed by atoms with Crippen LogP contribution in [0.1, 0.15) is 52.4 Å². The largest absolute Gasteiger partial charge is 0.369 e. The van der Waals surface area contributed by atoms with Gasteiger partial charge in [0.05, 0.1) is 15.4 Å². The number of rotatable bonds is 8. The Bertz CT molecular complexity index is 1070. The molecule has 2 atom stereocenters. The lowest BCUT2D eigenvalue weighted by molar-refractivity contribution is -0.385. The fourth-order valence-corrected chi connectivity index (χ4v) is 7.89. The zero-order chi connectivity index (χ0) is 23.5. The van der Waals surface area contributed by atoms with Gasteiger partial charge >= 0.3 is 0 Å². The van der Waals surface area contributed by atoms with Crippen molar-refractivity contribution >= 4 is 27.4 Å². The predicted octanol–water partition coefficient (Wildman–Crippen LogP) is 2.54. The number of nitro groups is 1. The van der Waals surface area contributed by atoms with Crippen molar-refractivity contribution in [3.05, 3.63) is 34.4 Å². The van der Waals surface area contributed by atoms with Crippen molar-refractivity contribution in [3.63, 3.8) is 0 Å². The number of Topliss-reactive ketones (excluding diaryl/α,β-unsaturated/α-hetero) is 1. The first kappa shape index (κ1) is 22.8. The van der Waals surface area contributed by atoms with Gasteiger partial charge in [0.1, 0.15) is 0 Å². The maximum atomic E-state index is 13.2. The van der Waals surface area contributed by atoms with Crippen LogP contribution in [0.2, 0.25) is 0 Å². The molecule has 4 aliphatic carbocycles. The molecule has 0 spiro atoms. The zero-order valence-corrected chi connectivity index (χ0v) is 19.1. The van der Waals surface area contributed by atoms with Crippen molar-refractivity contribution in [2.75, 3.05) is 0 Å². The molecule has 0 saturated heterocycles. The van der Waals surface area contributed by atoms with Crippen LogP contribution in [0.25, 0.3) is 0 Å². The van der Waals surface area contributed by atoms with Crippen LogP contribution in [-0.2, 0) is 19.6 Å². The third kappa shape index (κ3) is 3.94. The van der Waals surface area contributed by atoms with Crippen LogP contribution < -0.4 is 10.5 Å². The molecular weight excluding hydrogens is 434 g/mol. The minimum atomic E-state index is -4.14. The van der Waals surface area contributed by atoms with E-state index >= 15 is 0 Å². The lowest BCUT2D eigenvalue weighted by Crippen LogP contribution is -2.57. The standard InChI is InChI=1S/C22H29N3O6S/c1-21(2,24-32(30,31)17-5-3-4-16(8-17)25(28)29)19(26)9-18-14-6-13-7-15(18)12-22(10-13,11-14)20(23)27/h3-5,8,13-15,18,24H,6-7,9-12H2,1-2H3,(H2,23,27). The predicted molar refractivity (Wildman–Crippen MR) is 116 cm³/mol. The molecule has 1 aromatic carbocycles. The average molecular weight is 464 g/mol. The average Bonchev–Trinajstić information content (AvgIpc) is 2.69. The second-order valence-corrected chi connectivity index (χ2v) is 12.1. The summed E-state index contributed by atoms with van der Waals surface area (Å²) in [4.78, 5) is 35.4. The quantitative estimate of drug-likeness (QED) is 0.447. The molecule has 4 bridgehead atoms. The zero-order valence-electron chi connectivity index (χ0n) is 18.2. The van der Waals surface area contributed by atoms with Crippen LogP contribution in [0.3, 0.4) is 0 Å². The first-order chi connectivity index (χ1) is 14.8. The lowest BCUT2D eigenvalue weighted by Gasteiger charge is -2.59. The number of carbonyl (C=O) groups excluding carboxylic acids is 2. The molecular formula is C22H29N3O6S. The molecule has 4 aliphatic rings. The number of nitro benzene ring substituents is 1. The smallest absolute Gasteiger partial charge is 0.270 e. The van der Waals surface area contributed by atoms with Crippen molar-refractivity contribution in [2.24, 2.45) is 34.8 Å². The normalized spacial score (nSPS) is 31.4. The van der Waals surface area contributed by atoms with Gasteiger partial charge in [0.2, 0.25) is 15.9 Å². The van der Waals surface area contributed by atoms with E-state index in [1.165, 1.54) is 32.0 Å².